The number of thiophene rings is 1. The molecular weight excluding hydrogens is 372 g/mol. The predicted molar refractivity (Wildman–Crippen MR) is 114 cm³/mol. The van der Waals surface area contributed by atoms with Gasteiger partial charge in [-0.3, -0.25) is 9.59 Å². The molecule has 3 rings (SSSR count). The summed E-state index contributed by atoms with van der Waals surface area (Å²) in [4.78, 5) is 25.5. The van der Waals surface area contributed by atoms with Crippen molar-refractivity contribution < 1.29 is 14.3 Å². The summed E-state index contributed by atoms with van der Waals surface area (Å²) in [5.41, 5.74) is 1.05. The minimum Gasteiger partial charge on any atom is -0.490 e. The Bertz CT molecular complexity index is 861. The van der Waals surface area contributed by atoms with Crippen LogP contribution in [0.2, 0.25) is 0 Å². The first kappa shape index (κ1) is 20.4. The Morgan fingerprint density at radius 3 is 2.50 bits per heavy atom. The molecule has 0 atom stereocenters. The van der Waals surface area contributed by atoms with Crippen molar-refractivity contribution in [2.24, 2.45) is 5.41 Å². The van der Waals surface area contributed by atoms with Crippen molar-refractivity contribution in [1.82, 2.24) is 0 Å². The molecule has 1 fully saturated rings. The Morgan fingerprint density at radius 2 is 1.82 bits per heavy atom. The van der Waals surface area contributed by atoms with Gasteiger partial charge in [0, 0.05) is 17.2 Å². The van der Waals surface area contributed by atoms with Crippen LogP contribution in [0.15, 0.2) is 30.3 Å². The number of rotatable bonds is 5. The fourth-order valence-corrected chi connectivity index (χ4v) is 4.07. The minimum atomic E-state index is -0.486. The predicted octanol–water partition coefficient (Wildman–Crippen LogP) is 5.61. The van der Waals surface area contributed by atoms with E-state index < -0.39 is 5.41 Å². The smallest absolute Gasteiger partial charge is 0.266 e. The van der Waals surface area contributed by atoms with E-state index in [1.807, 2.05) is 58.0 Å². The number of hydrogen-bond acceptors (Lipinski definition) is 4. The maximum Gasteiger partial charge on any atom is 0.266 e. The number of aryl methyl sites for hydroxylation is 1. The van der Waals surface area contributed by atoms with E-state index >= 15 is 0 Å². The van der Waals surface area contributed by atoms with Crippen LogP contribution in [0, 0.1) is 12.3 Å². The number of ether oxygens (including phenoxy) is 1. The summed E-state index contributed by atoms with van der Waals surface area (Å²) in [6.07, 6.45) is 4.89. The first-order valence-electron chi connectivity index (χ1n) is 9.72. The maximum absolute atomic E-state index is 12.7. The Kier molecular flexibility index (Phi) is 6.08. The van der Waals surface area contributed by atoms with Gasteiger partial charge in [-0.05, 0) is 56.4 Å². The highest BCUT2D eigenvalue weighted by atomic mass is 32.1. The van der Waals surface area contributed by atoms with E-state index in [0.29, 0.717) is 15.6 Å². The molecule has 0 spiro atoms. The van der Waals surface area contributed by atoms with Gasteiger partial charge in [-0.2, -0.15) is 0 Å². The van der Waals surface area contributed by atoms with Crippen LogP contribution < -0.4 is 15.4 Å². The quantitative estimate of drug-likeness (QED) is 0.685. The lowest BCUT2D eigenvalue weighted by molar-refractivity contribution is -0.123. The van der Waals surface area contributed by atoms with Crippen LogP contribution in [0.5, 0.6) is 5.75 Å². The number of hydrogen-bond donors (Lipinski definition) is 2. The second-order valence-corrected chi connectivity index (χ2v) is 9.39. The van der Waals surface area contributed by atoms with Gasteiger partial charge in [0.15, 0.2) is 0 Å². The van der Waals surface area contributed by atoms with Crippen LogP contribution in [0.3, 0.4) is 0 Å². The molecule has 1 aromatic heterocycles. The van der Waals surface area contributed by atoms with Gasteiger partial charge >= 0.3 is 0 Å². The van der Waals surface area contributed by atoms with Crippen molar-refractivity contribution >= 4 is 33.8 Å². The van der Waals surface area contributed by atoms with Crippen molar-refractivity contribution in [2.45, 2.75) is 59.5 Å². The molecule has 0 saturated heterocycles. The first-order chi connectivity index (χ1) is 13.2. The molecule has 1 aromatic carbocycles. The average molecular weight is 401 g/mol. The zero-order valence-electron chi connectivity index (χ0n) is 16.9. The van der Waals surface area contributed by atoms with Gasteiger partial charge in [0.25, 0.3) is 5.91 Å². The molecule has 0 bridgehead atoms. The third-order valence-electron chi connectivity index (χ3n) is 4.74. The molecule has 1 aliphatic rings. The summed E-state index contributed by atoms with van der Waals surface area (Å²) < 4.78 is 6.01. The standard InChI is InChI=1S/C22H28N2O3S/c1-14-12-18(24-21(26)22(2,3)4)28-19(14)20(25)23-15-8-7-11-17(13-15)27-16-9-5-6-10-16/h7-8,11-13,16H,5-6,9-10H2,1-4H3,(H,23,25)(H,24,26). The summed E-state index contributed by atoms with van der Waals surface area (Å²) in [7, 11) is 0. The summed E-state index contributed by atoms with van der Waals surface area (Å²) in [6, 6.07) is 9.36. The van der Waals surface area contributed by atoms with Gasteiger partial charge in [0.2, 0.25) is 5.91 Å². The molecule has 2 amide bonds. The molecule has 6 heteroatoms. The topological polar surface area (TPSA) is 67.4 Å². The second-order valence-electron chi connectivity index (χ2n) is 8.33. The lowest BCUT2D eigenvalue weighted by Crippen LogP contribution is -2.27. The Hall–Kier alpha value is -2.34. The van der Waals surface area contributed by atoms with Crippen LogP contribution in [-0.4, -0.2) is 17.9 Å². The zero-order valence-corrected chi connectivity index (χ0v) is 17.7. The Morgan fingerprint density at radius 1 is 1.11 bits per heavy atom. The van der Waals surface area contributed by atoms with Crippen LogP contribution in [0.4, 0.5) is 10.7 Å². The molecule has 0 radical (unpaired) electrons. The molecule has 2 N–H and O–H groups in total. The molecule has 0 unspecified atom stereocenters. The van der Waals surface area contributed by atoms with E-state index in [-0.39, 0.29) is 17.9 Å². The van der Waals surface area contributed by atoms with E-state index in [4.69, 9.17) is 4.74 Å². The van der Waals surface area contributed by atoms with Gasteiger partial charge in [0.1, 0.15) is 5.75 Å². The van der Waals surface area contributed by atoms with E-state index in [0.717, 1.165) is 24.2 Å². The number of anilines is 2. The molecule has 150 valence electrons. The molecule has 5 nitrogen and oxygen atoms in total. The maximum atomic E-state index is 12.7. The van der Waals surface area contributed by atoms with Crippen molar-refractivity contribution in [3.8, 4) is 5.75 Å². The molecule has 1 aliphatic carbocycles. The third kappa shape index (κ3) is 5.13. The van der Waals surface area contributed by atoms with E-state index in [1.165, 1.54) is 24.2 Å². The molecule has 2 aromatic rings. The number of benzene rings is 1. The normalized spacial score (nSPS) is 14.7. The minimum absolute atomic E-state index is 0.0718. The Labute approximate surface area is 170 Å². The summed E-state index contributed by atoms with van der Waals surface area (Å²) in [5, 5.41) is 6.51. The fourth-order valence-electron chi connectivity index (χ4n) is 3.10. The molecular formula is C22H28N2O3S. The fraction of sp³-hybridized carbons (Fsp3) is 0.455. The van der Waals surface area contributed by atoms with Gasteiger partial charge in [-0.25, -0.2) is 0 Å². The largest absolute Gasteiger partial charge is 0.490 e. The van der Waals surface area contributed by atoms with E-state index in [2.05, 4.69) is 10.6 Å². The molecule has 1 heterocycles. The number of carbonyl (C=O) groups is 2. The molecule has 28 heavy (non-hydrogen) atoms. The van der Waals surface area contributed by atoms with Crippen LogP contribution in [-0.2, 0) is 4.79 Å². The first-order valence-corrected chi connectivity index (χ1v) is 10.5. The van der Waals surface area contributed by atoms with Crippen molar-refractivity contribution in [3.63, 3.8) is 0 Å². The molecule has 0 aliphatic heterocycles. The van der Waals surface area contributed by atoms with Gasteiger partial charge in [-0.15, -0.1) is 11.3 Å². The van der Waals surface area contributed by atoms with Gasteiger partial charge < -0.3 is 15.4 Å². The monoisotopic (exact) mass is 400 g/mol. The van der Waals surface area contributed by atoms with Gasteiger partial charge in [-0.1, -0.05) is 26.8 Å². The van der Waals surface area contributed by atoms with Crippen LogP contribution >= 0.6 is 11.3 Å². The highest BCUT2D eigenvalue weighted by Crippen LogP contribution is 2.30. The number of nitrogens with one attached hydrogen (secondary N) is 2. The van der Waals surface area contributed by atoms with Crippen molar-refractivity contribution in [1.29, 1.82) is 0 Å². The average Bonchev–Trinajstić information content (AvgIpc) is 3.24. The highest BCUT2D eigenvalue weighted by Gasteiger charge is 2.23. The second kappa shape index (κ2) is 8.35. The van der Waals surface area contributed by atoms with Gasteiger partial charge in [0.05, 0.1) is 16.0 Å². The lowest BCUT2D eigenvalue weighted by Gasteiger charge is -2.16. The summed E-state index contributed by atoms with van der Waals surface area (Å²) in [5.74, 6) is 0.528. The molecule has 1 saturated carbocycles. The third-order valence-corrected chi connectivity index (χ3v) is 5.89. The van der Waals surface area contributed by atoms with Crippen molar-refractivity contribution in [3.05, 3.63) is 40.8 Å². The number of amides is 2. The zero-order chi connectivity index (χ0) is 20.3. The van der Waals surface area contributed by atoms with Crippen LogP contribution in [0.1, 0.15) is 61.7 Å². The summed E-state index contributed by atoms with van der Waals surface area (Å²) in [6.45, 7) is 7.45. The lowest BCUT2D eigenvalue weighted by atomic mass is 9.96. The van der Waals surface area contributed by atoms with Crippen molar-refractivity contribution in [2.75, 3.05) is 10.6 Å². The summed E-state index contributed by atoms with van der Waals surface area (Å²) >= 11 is 1.29. The van der Waals surface area contributed by atoms with E-state index in [9.17, 15) is 9.59 Å². The Balaban J connectivity index is 1.67. The van der Waals surface area contributed by atoms with Crippen LogP contribution in [0.25, 0.3) is 0 Å². The van der Waals surface area contributed by atoms with E-state index in [1.54, 1.807) is 0 Å². The SMILES string of the molecule is Cc1cc(NC(=O)C(C)(C)C)sc1C(=O)Nc1cccc(OC2CCCC2)c1. The highest BCUT2D eigenvalue weighted by molar-refractivity contribution is 7.18. The number of carbonyl (C=O) groups excluding carboxylic acids is 2.